The van der Waals surface area contributed by atoms with E-state index in [4.69, 9.17) is 5.11 Å². The monoisotopic (exact) mass is 238 g/mol. The van der Waals surface area contributed by atoms with Crippen molar-refractivity contribution >= 4 is 23.1 Å². The third-order valence-corrected chi connectivity index (χ3v) is 2.91. The predicted molar refractivity (Wildman–Crippen MR) is 50.0 cm³/mol. The number of nitrogens with one attached hydrogen (secondary N) is 1. The van der Waals surface area contributed by atoms with Gasteiger partial charge in [-0.1, -0.05) is 0 Å². The van der Waals surface area contributed by atoms with Crippen molar-refractivity contribution in [2.24, 2.45) is 0 Å². The lowest BCUT2D eigenvalue weighted by atomic mass is 10.0. The first-order valence-corrected chi connectivity index (χ1v) is 4.97. The average molecular weight is 238 g/mol. The van der Waals surface area contributed by atoms with Crippen molar-refractivity contribution in [3.63, 3.8) is 0 Å². The molecule has 0 aliphatic rings. The molecule has 0 aliphatic carbocycles. The fourth-order valence-electron chi connectivity index (χ4n) is 0.806. The summed E-state index contributed by atoms with van der Waals surface area (Å²) in [6.07, 6.45) is -0.999. The molecule has 0 bridgehead atoms. The second-order valence-corrected chi connectivity index (χ2v) is 4.77. The zero-order valence-electron chi connectivity index (χ0n) is 8.47. The van der Waals surface area contributed by atoms with Crippen LogP contribution in [0.3, 0.4) is 0 Å². The summed E-state index contributed by atoms with van der Waals surface area (Å²) >= 11 is -2.65. The topological polar surface area (TPSA) is 116 Å². The Morgan fingerprint density at radius 1 is 1.53 bits per heavy atom. The van der Waals surface area contributed by atoms with Gasteiger partial charge in [0.2, 0.25) is 0 Å². The Labute approximate surface area is 89.1 Å². The summed E-state index contributed by atoms with van der Waals surface area (Å²) in [5, 5.41) is 10.7. The first-order valence-electron chi connectivity index (χ1n) is 3.90. The summed E-state index contributed by atoms with van der Waals surface area (Å²) in [7, 11) is 1.05. The van der Waals surface area contributed by atoms with E-state index in [1.807, 2.05) is 5.32 Å². The molecule has 0 aromatic rings. The van der Waals surface area contributed by atoms with Crippen molar-refractivity contribution in [2.45, 2.75) is 24.6 Å². The molecule has 0 saturated carbocycles. The lowest BCUT2D eigenvalue weighted by molar-refractivity contribution is -0.140. The van der Waals surface area contributed by atoms with E-state index in [0.29, 0.717) is 0 Å². The standard InChI is InChI=1S/C7H13NO6S/c1-7(2,15(12)13)4(5(9)10)8-6(11)14-3/h4H,1-3H3,(H,8,11)(H,9,10)(H,12,13)/p-1/t4-/m1/s1. The molecule has 2 N–H and O–H groups in total. The summed E-state index contributed by atoms with van der Waals surface area (Å²) in [6.45, 7) is 2.37. The van der Waals surface area contributed by atoms with E-state index in [1.54, 1.807) is 0 Å². The van der Waals surface area contributed by atoms with E-state index in [-0.39, 0.29) is 0 Å². The summed E-state index contributed by atoms with van der Waals surface area (Å²) in [4.78, 5) is 21.6. The highest BCUT2D eigenvalue weighted by Crippen LogP contribution is 2.17. The van der Waals surface area contributed by atoms with Gasteiger partial charge in [-0.3, -0.25) is 4.21 Å². The Morgan fingerprint density at radius 2 is 2.00 bits per heavy atom. The highest BCUT2D eigenvalue weighted by Gasteiger charge is 2.38. The number of carbonyl (C=O) groups excluding carboxylic acids is 1. The van der Waals surface area contributed by atoms with Crippen molar-refractivity contribution in [3.05, 3.63) is 0 Å². The lowest BCUT2D eigenvalue weighted by Gasteiger charge is -2.33. The van der Waals surface area contributed by atoms with Crippen LogP contribution in [-0.2, 0) is 20.6 Å². The molecular formula is C7H12NO6S-. The second kappa shape index (κ2) is 5.08. The van der Waals surface area contributed by atoms with Gasteiger partial charge >= 0.3 is 12.1 Å². The predicted octanol–water partition coefficient (Wildman–Crippen LogP) is -0.547. The van der Waals surface area contributed by atoms with Crippen LogP contribution in [0.15, 0.2) is 0 Å². The summed E-state index contributed by atoms with van der Waals surface area (Å²) in [5.41, 5.74) is 0. The Morgan fingerprint density at radius 3 is 2.27 bits per heavy atom. The van der Waals surface area contributed by atoms with Crippen LogP contribution in [0.5, 0.6) is 0 Å². The molecule has 0 heterocycles. The maximum Gasteiger partial charge on any atom is 0.407 e. The molecule has 0 aromatic carbocycles. The molecule has 2 atom stereocenters. The highest BCUT2D eigenvalue weighted by atomic mass is 32.2. The maximum absolute atomic E-state index is 10.8. The number of aliphatic carboxylic acids is 1. The first-order chi connectivity index (χ1) is 6.73. The van der Waals surface area contributed by atoms with Crippen molar-refractivity contribution in [1.82, 2.24) is 5.32 Å². The summed E-state index contributed by atoms with van der Waals surface area (Å²) in [5.74, 6) is -1.45. The van der Waals surface area contributed by atoms with E-state index in [1.165, 1.54) is 13.8 Å². The number of hydrogen-bond donors (Lipinski definition) is 2. The Kier molecular flexibility index (Phi) is 4.69. The van der Waals surface area contributed by atoms with E-state index in [2.05, 4.69) is 4.74 Å². The van der Waals surface area contributed by atoms with E-state index in [0.717, 1.165) is 7.11 Å². The van der Waals surface area contributed by atoms with Crippen LogP contribution >= 0.6 is 0 Å². The lowest BCUT2D eigenvalue weighted by Crippen LogP contribution is -2.56. The van der Waals surface area contributed by atoms with Crippen molar-refractivity contribution < 1.29 is 28.2 Å². The molecule has 88 valence electrons. The fraction of sp³-hybridized carbons (Fsp3) is 0.714. The minimum Gasteiger partial charge on any atom is -0.772 e. The van der Waals surface area contributed by atoms with Gasteiger partial charge in [-0.2, -0.15) is 0 Å². The highest BCUT2D eigenvalue weighted by molar-refractivity contribution is 7.80. The van der Waals surface area contributed by atoms with Gasteiger partial charge in [0, 0.05) is 0 Å². The Balaban J connectivity index is 4.90. The van der Waals surface area contributed by atoms with E-state index in [9.17, 15) is 18.4 Å². The molecule has 1 unspecified atom stereocenters. The Hall–Kier alpha value is -1.15. The van der Waals surface area contributed by atoms with Crippen LogP contribution in [0.1, 0.15) is 13.8 Å². The minimum atomic E-state index is -2.65. The van der Waals surface area contributed by atoms with Gasteiger partial charge in [0.25, 0.3) is 0 Å². The minimum absolute atomic E-state index is 0.999. The number of hydrogen-bond acceptors (Lipinski definition) is 5. The third-order valence-electron chi connectivity index (χ3n) is 1.82. The molecule has 15 heavy (non-hydrogen) atoms. The summed E-state index contributed by atoms with van der Waals surface area (Å²) < 4.78 is 24.1. The van der Waals surface area contributed by atoms with Crippen LogP contribution in [0.25, 0.3) is 0 Å². The van der Waals surface area contributed by atoms with Crippen molar-refractivity contribution in [3.8, 4) is 0 Å². The number of rotatable bonds is 4. The quantitative estimate of drug-likeness (QED) is 0.635. The molecule has 0 radical (unpaired) electrons. The molecule has 0 rings (SSSR count). The normalized spacial score (nSPS) is 15.2. The molecule has 8 heteroatoms. The van der Waals surface area contributed by atoms with Gasteiger partial charge in [0.15, 0.2) is 0 Å². The van der Waals surface area contributed by atoms with E-state index >= 15 is 0 Å². The van der Waals surface area contributed by atoms with Gasteiger partial charge in [-0.05, 0) is 24.9 Å². The zero-order chi connectivity index (χ0) is 12.2. The number of carboxylic acid groups (broad SMARTS) is 1. The number of carboxylic acids is 1. The second-order valence-electron chi connectivity index (χ2n) is 3.25. The van der Waals surface area contributed by atoms with E-state index < -0.39 is 33.9 Å². The van der Waals surface area contributed by atoms with Crippen LogP contribution in [0.2, 0.25) is 0 Å². The van der Waals surface area contributed by atoms with Gasteiger partial charge in [0.05, 0.1) is 11.9 Å². The number of carbonyl (C=O) groups is 2. The summed E-state index contributed by atoms with van der Waals surface area (Å²) in [6, 6.07) is -1.57. The number of ether oxygens (including phenoxy) is 1. The molecule has 0 spiro atoms. The maximum atomic E-state index is 10.8. The average Bonchev–Trinajstić information content (AvgIpc) is 2.12. The molecule has 0 fully saturated rings. The molecule has 7 nitrogen and oxygen atoms in total. The van der Waals surface area contributed by atoms with Gasteiger partial charge in [-0.15, -0.1) is 0 Å². The smallest absolute Gasteiger partial charge is 0.407 e. The largest absolute Gasteiger partial charge is 0.772 e. The van der Waals surface area contributed by atoms with Crippen LogP contribution in [-0.4, -0.2) is 43.8 Å². The number of methoxy groups -OCH3 is 1. The fourth-order valence-corrected chi connectivity index (χ4v) is 1.16. The van der Waals surface area contributed by atoms with Gasteiger partial charge in [-0.25, -0.2) is 9.59 Å². The van der Waals surface area contributed by atoms with Crippen LogP contribution < -0.4 is 5.32 Å². The number of alkyl carbamates (subject to hydrolysis) is 1. The van der Waals surface area contributed by atoms with Gasteiger partial charge in [0.1, 0.15) is 6.04 Å². The van der Waals surface area contributed by atoms with Crippen LogP contribution in [0.4, 0.5) is 4.79 Å². The SMILES string of the molecule is COC(=O)N[C@H](C(=O)O)C(C)(C)S(=O)[O-]. The molecule has 0 aliphatic heterocycles. The Bertz CT molecular complexity index is 289. The molecular weight excluding hydrogens is 226 g/mol. The molecule has 0 aromatic heterocycles. The van der Waals surface area contributed by atoms with Crippen molar-refractivity contribution in [1.29, 1.82) is 0 Å². The molecule has 1 amide bonds. The first kappa shape index (κ1) is 13.8. The number of amides is 1. The van der Waals surface area contributed by atoms with Crippen molar-refractivity contribution in [2.75, 3.05) is 7.11 Å². The zero-order valence-corrected chi connectivity index (χ0v) is 9.29. The van der Waals surface area contributed by atoms with Gasteiger partial charge < -0.3 is 19.7 Å². The van der Waals surface area contributed by atoms with Crippen LogP contribution in [0, 0.1) is 0 Å². The molecule has 0 saturated heterocycles. The third kappa shape index (κ3) is 3.48.